The molecule has 3 aliphatic rings. The molecule has 1 aromatic heterocycles. The van der Waals surface area contributed by atoms with Crippen LogP contribution in [-0.4, -0.2) is 51.7 Å². The second-order valence-corrected chi connectivity index (χ2v) is 12.5. The van der Waals surface area contributed by atoms with E-state index < -0.39 is 54.6 Å². The predicted molar refractivity (Wildman–Crippen MR) is 136 cm³/mol. The van der Waals surface area contributed by atoms with Crippen molar-refractivity contribution in [2.45, 2.75) is 70.0 Å². The number of hydrogen-bond donors (Lipinski definition) is 2. The van der Waals surface area contributed by atoms with E-state index >= 15 is 0 Å². The number of rotatable bonds is 10. The molecule has 3 fully saturated rings. The Balaban J connectivity index is 1.30. The molecule has 2 saturated carbocycles. The molecule has 12 heteroatoms. The lowest BCUT2D eigenvalue weighted by atomic mass is 9.96. The van der Waals surface area contributed by atoms with E-state index in [0.717, 1.165) is 25.7 Å². The number of aromatic amines is 1. The van der Waals surface area contributed by atoms with Gasteiger partial charge in [0.2, 0.25) is 0 Å². The molecule has 38 heavy (non-hydrogen) atoms. The van der Waals surface area contributed by atoms with Gasteiger partial charge in [-0.05, 0) is 50.7 Å². The third-order valence-electron chi connectivity index (χ3n) is 7.58. The first-order valence-electron chi connectivity index (χ1n) is 13.0. The fraction of sp³-hybridized carbons (Fsp3) is 0.577. The minimum atomic E-state index is -3.91. The highest BCUT2D eigenvalue weighted by Crippen LogP contribution is 2.62. The normalized spacial score (nSPS) is 26.6. The van der Waals surface area contributed by atoms with E-state index in [1.165, 1.54) is 16.8 Å². The van der Waals surface area contributed by atoms with Gasteiger partial charge in [-0.3, -0.25) is 23.7 Å². The van der Waals surface area contributed by atoms with E-state index in [1.807, 2.05) is 0 Å². The predicted octanol–water partition coefficient (Wildman–Crippen LogP) is 2.99. The van der Waals surface area contributed by atoms with Crippen LogP contribution in [-0.2, 0) is 23.4 Å². The lowest BCUT2D eigenvalue weighted by molar-refractivity contribution is -0.152. The van der Waals surface area contributed by atoms with Crippen molar-refractivity contribution in [2.75, 3.05) is 12.8 Å². The standard InChI is InChI=1S/C26H33N2O9P/c1-17(23(31)35-18-7-5-6-8-18)16-38(33,37-19-9-3-2-4-10-19)34-15-20-22(30)26(12-13-26)24(36-20)28-14-11-21(29)27-25(28)32/h2-4,9-11,14,17-18,20,22,24,30H,5-8,12-13,15-16H2,1H3,(H,27,29,32)/t17-,20-,22-,24-,38?/m1/s1. The second kappa shape index (κ2) is 10.8. The van der Waals surface area contributed by atoms with Crippen molar-refractivity contribution in [2.24, 2.45) is 11.3 Å². The van der Waals surface area contributed by atoms with Crippen LogP contribution in [0.1, 0.15) is 51.7 Å². The molecular weight excluding hydrogens is 515 g/mol. The number of ether oxygens (including phenoxy) is 2. The summed E-state index contributed by atoms with van der Waals surface area (Å²) in [7, 11) is -3.91. The van der Waals surface area contributed by atoms with Gasteiger partial charge in [-0.1, -0.05) is 25.1 Å². The molecular formula is C26H33N2O9P. The topological polar surface area (TPSA) is 146 Å². The minimum Gasteiger partial charge on any atom is -0.462 e. The van der Waals surface area contributed by atoms with Gasteiger partial charge in [0.05, 0.1) is 24.8 Å². The number of aromatic nitrogens is 2. The number of aliphatic hydroxyl groups excluding tert-OH is 1. The smallest absolute Gasteiger partial charge is 0.380 e. The van der Waals surface area contributed by atoms with Crippen LogP contribution in [0.3, 0.4) is 0 Å². The molecule has 0 amide bonds. The maximum Gasteiger partial charge on any atom is 0.380 e. The van der Waals surface area contributed by atoms with Crippen LogP contribution in [0.5, 0.6) is 5.75 Å². The summed E-state index contributed by atoms with van der Waals surface area (Å²) < 4.78 is 38.4. The van der Waals surface area contributed by atoms with Gasteiger partial charge in [0.25, 0.3) is 5.56 Å². The Labute approximate surface area is 219 Å². The van der Waals surface area contributed by atoms with E-state index in [2.05, 4.69) is 4.98 Å². The highest BCUT2D eigenvalue weighted by Gasteiger charge is 2.64. The minimum absolute atomic E-state index is 0.120. The molecule has 1 spiro atoms. The van der Waals surface area contributed by atoms with Crippen LogP contribution < -0.4 is 15.8 Å². The average molecular weight is 549 g/mol. The van der Waals surface area contributed by atoms with Gasteiger partial charge >= 0.3 is 19.3 Å². The third kappa shape index (κ3) is 5.66. The lowest BCUT2D eigenvalue weighted by Gasteiger charge is -2.24. The number of nitrogens with one attached hydrogen (secondary N) is 1. The first kappa shape index (κ1) is 26.9. The third-order valence-corrected chi connectivity index (χ3v) is 9.60. The zero-order valence-corrected chi connectivity index (χ0v) is 22.1. The summed E-state index contributed by atoms with van der Waals surface area (Å²) in [5.74, 6) is -0.887. The van der Waals surface area contributed by atoms with Crippen LogP contribution in [0.25, 0.3) is 0 Å². The summed E-state index contributed by atoms with van der Waals surface area (Å²) in [4.78, 5) is 38.8. The maximum absolute atomic E-state index is 13.9. The highest BCUT2D eigenvalue weighted by molar-refractivity contribution is 7.54. The van der Waals surface area contributed by atoms with Gasteiger partial charge in [-0.2, -0.15) is 0 Å². The number of hydrogen-bond acceptors (Lipinski definition) is 9. The van der Waals surface area contributed by atoms with Gasteiger partial charge in [-0.25, -0.2) is 9.36 Å². The number of benzene rings is 1. The Hall–Kier alpha value is -2.72. The molecule has 2 aliphatic carbocycles. The largest absolute Gasteiger partial charge is 0.462 e. The Morgan fingerprint density at radius 3 is 2.58 bits per heavy atom. The van der Waals surface area contributed by atoms with Gasteiger partial charge in [0, 0.05) is 17.7 Å². The van der Waals surface area contributed by atoms with E-state index in [0.29, 0.717) is 18.6 Å². The van der Waals surface area contributed by atoms with E-state index in [9.17, 15) is 24.1 Å². The molecule has 5 rings (SSSR count). The van der Waals surface area contributed by atoms with Crippen molar-refractivity contribution in [3.63, 3.8) is 0 Å². The van der Waals surface area contributed by atoms with Crippen LogP contribution in [0, 0.1) is 11.3 Å². The van der Waals surface area contributed by atoms with Crippen molar-refractivity contribution < 1.29 is 33.0 Å². The molecule has 1 aromatic carbocycles. The zero-order chi connectivity index (χ0) is 26.9. The van der Waals surface area contributed by atoms with Crippen molar-refractivity contribution >= 4 is 13.6 Å². The first-order chi connectivity index (χ1) is 18.2. The molecule has 2 N–H and O–H groups in total. The highest BCUT2D eigenvalue weighted by atomic mass is 31.2. The number of aliphatic hydroxyl groups is 1. The summed E-state index contributed by atoms with van der Waals surface area (Å²) in [5, 5.41) is 11.1. The lowest BCUT2D eigenvalue weighted by Crippen LogP contribution is -2.35. The molecule has 2 heterocycles. The van der Waals surface area contributed by atoms with Crippen LogP contribution >= 0.6 is 7.60 Å². The van der Waals surface area contributed by atoms with Crippen molar-refractivity contribution in [3.05, 3.63) is 63.4 Å². The van der Waals surface area contributed by atoms with Gasteiger partial charge in [0.1, 0.15) is 24.2 Å². The van der Waals surface area contributed by atoms with Crippen molar-refractivity contribution in [1.29, 1.82) is 0 Å². The first-order valence-corrected chi connectivity index (χ1v) is 14.8. The molecule has 11 nitrogen and oxygen atoms in total. The number of H-pyrrole nitrogens is 1. The maximum atomic E-state index is 13.9. The molecule has 1 saturated heterocycles. The SMILES string of the molecule is C[C@H](CP(=O)(OC[C@H]1O[C@@H](n2ccc(=O)[nH]c2=O)C2(CC2)[C@@H]1O)Oc1ccccc1)C(=O)OC1CCCC1. The number of nitrogens with zero attached hydrogens (tertiary/aromatic N) is 1. The number of esters is 1. The fourth-order valence-electron chi connectivity index (χ4n) is 5.31. The van der Waals surface area contributed by atoms with Crippen molar-refractivity contribution in [3.8, 4) is 5.75 Å². The van der Waals surface area contributed by atoms with Gasteiger partial charge in [0.15, 0.2) is 0 Å². The number of para-hydroxylation sites is 1. The molecule has 206 valence electrons. The Bertz CT molecular complexity index is 1300. The van der Waals surface area contributed by atoms with Crippen LogP contribution in [0.15, 0.2) is 52.2 Å². The fourth-order valence-corrected chi connectivity index (χ4v) is 7.18. The second-order valence-electron chi connectivity index (χ2n) is 10.5. The summed E-state index contributed by atoms with van der Waals surface area (Å²) in [6.07, 6.45) is 3.19. The monoisotopic (exact) mass is 548 g/mol. The van der Waals surface area contributed by atoms with Crippen LogP contribution in [0.4, 0.5) is 0 Å². The molecule has 2 aromatic rings. The summed E-state index contributed by atoms with van der Waals surface area (Å²) in [6.45, 7) is 1.34. The Morgan fingerprint density at radius 2 is 1.92 bits per heavy atom. The molecule has 5 atom stereocenters. The van der Waals surface area contributed by atoms with E-state index in [1.54, 1.807) is 37.3 Å². The number of carbonyl (C=O) groups excluding carboxylic acids is 1. The quantitative estimate of drug-likeness (QED) is 0.338. The summed E-state index contributed by atoms with van der Waals surface area (Å²) in [6, 6.07) is 9.73. The van der Waals surface area contributed by atoms with Gasteiger partial charge in [-0.15, -0.1) is 0 Å². The van der Waals surface area contributed by atoms with Crippen LogP contribution in [0.2, 0.25) is 0 Å². The average Bonchev–Trinajstić information content (AvgIpc) is 3.44. The summed E-state index contributed by atoms with van der Waals surface area (Å²) >= 11 is 0. The van der Waals surface area contributed by atoms with E-state index in [-0.39, 0.29) is 18.9 Å². The van der Waals surface area contributed by atoms with Gasteiger partial charge < -0.3 is 19.1 Å². The molecule has 1 unspecified atom stereocenters. The van der Waals surface area contributed by atoms with Crippen molar-refractivity contribution in [1.82, 2.24) is 9.55 Å². The Kier molecular flexibility index (Phi) is 7.64. The zero-order valence-electron chi connectivity index (χ0n) is 21.2. The molecule has 0 radical (unpaired) electrons. The summed E-state index contributed by atoms with van der Waals surface area (Å²) in [5.41, 5.74) is -1.89. The molecule has 1 aliphatic heterocycles. The molecule has 0 bridgehead atoms. The van der Waals surface area contributed by atoms with E-state index in [4.69, 9.17) is 18.5 Å². The number of carbonyl (C=O) groups is 1. The Morgan fingerprint density at radius 1 is 1.21 bits per heavy atom.